The number of hydrogen-bond donors (Lipinski definition) is 0. The molecule has 0 radical (unpaired) electrons. The normalized spacial score (nSPS) is 18.3. The van der Waals surface area contributed by atoms with Crippen LogP contribution in [-0.4, -0.2) is 42.1 Å². The molecule has 0 N–H and O–H groups in total. The molecule has 116 valence electrons. The second-order valence-electron chi connectivity index (χ2n) is 4.53. The van der Waals surface area contributed by atoms with Crippen molar-refractivity contribution in [3.05, 3.63) is 40.3 Å². The minimum absolute atomic E-state index is 0.0308. The summed E-state index contributed by atoms with van der Waals surface area (Å²) in [7, 11) is 1.35. The van der Waals surface area contributed by atoms with Crippen LogP contribution in [0.2, 0.25) is 0 Å². The summed E-state index contributed by atoms with van der Waals surface area (Å²) in [6, 6.07) is 6.94. The fourth-order valence-electron chi connectivity index (χ4n) is 2.02. The van der Waals surface area contributed by atoms with E-state index >= 15 is 0 Å². The van der Waals surface area contributed by atoms with Crippen LogP contribution in [0.4, 0.5) is 0 Å². The van der Waals surface area contributed by atoms with Crippen molar-refractivity contribution in [3.8, 4) is 0 Å². The Bertz CT molecular complexity index is 635. The summed E-state index contributed by atoms with van der Waals surface area (Å²) in [5.74, 6) is -0.406. The highest BCUT2D eigenvalue weighted by atomic mass is 32.2. The first-order valence-corrected chi connectivity index (χ1v) is 7.86. The number of carbonyl (C=O) groups excluding carboxylic acids is 2. The fraction of sp³-hybridized carbons (Fsp3) is 0.312. The minimum Gasteiger partial charge on any atom is -0.465 e. The predicted octanol–water partition coefficient (Wildman–Crippen LogP) is 2.79. The highest BCUT2D eigenvalue weighted by molar-refractivity contribution is 8.18. The van der Waals surface area contributed by atoms with Gasteiger partial charge in [-0.2, -0.15) is 0 Å². The zero-order valence-electron chi connectivity index (χ0n) is 12.8. The largest absolute Gasteiger partial charge is 0.465 e. The van der Waals surface area contributed by atoms with Gasteiger partial charge in [-0.1, -0.05) is 12.1 Å². The Morgan fingerprint density at radius 3 is 2.55 bits per heavy atom. The van der Waals surface area contributed by atoms with E-state index in [9.17, 15) is 9.59 Å². The third-order valence-corrected chi connectivity index (χ3v) is 4.17. The summed E-state index contributed by atoms with van der Waals surface area (Å²) in [6.45, 7) is 5.12. The van der Waals surface area contributed by atoms with Crippen LogP contribution in [0, 0.1) is 0 Å². The summed E-state index contributed by atoms with van der Waals surface area (Å²) >= 11 is 1.38. The van der Waals surface area contributed by atoms with Crippen LogP contribution in [0.15, 0.2) is 34.2 Å². The predicted molar refractivity (Wildman–Crippen MR) is 88.7 cm³/mol. The van der Waals surface area contributed by atoms with Crippen LogP contribution in [-0.2, 0) is 9.53 Å². The van der Waals surface area contributed by atoms with Crippen molar-refractivity contribution in [1.82, 2.24) is 4.90 Å². The van der Waals surface area contributed by atoms with Crippen LogP contribution in [0.5, 0.6) is 0 Å². The van der Waals surface area contributed by atoms with Crippen LogP contribution < -0.4 is 0 Å². The number of rotatable bonds is 4. The maximum Gasteiger partial charge on any atom is 0.337 e. The molecule has 1 aromatic rings. The summed E-state index contributed by atoms with van der Waals surface area (Å²) in [4.78, 5) is 30.4. The van der Waals surface area contributed by atoms with Gasteiger partial charge in [0.15, 0.2) is 5.17 Å². The lowest BCUT2D eigenvalue weighted by Crippen LogP contribution is -2.28. The number of amidine groups is 1. The van der Waals surface area contributed by atoms with Crippen molar-refractivity contribution < 1.29 is 14.3 Å². The van der Waals surface area contributed by atoms with Gasteiger partial charge >= 0.3 is 5.97 Å². The molecule has 0 aliphatic carbocycles. The second-order valence-corrected chi connectivity index (χ2v) is 5.54. The molecule has 0 unspecified atom stereocenters. The molecule has 0 bridgehead atoms. The third-order valence-electron chi connectivity index (χ3n) is 3.13. The van der Waals surface area contributed by atoms with Crippen molar-refractivity contribution in [2.75, 3.05) is 20.2 Å². The van der Waals surface area contributed by atoms with Gasteiger partial charge < -0.3 is 4.74 Å². The number of hydrogen-bond acceptors (Lipinski definition) is 5. The van der Waals surface area contributed by atoms with E-state index in [-0.39, 0.29) is 11.9 Å². The Morgan fingerprint density at radius 2 is 2.00 bits per heavy atom. The van der Waals surface area contributed by atoms with Crippen LogP contribution >= 0.6 is 11.8 Å². The fourth-order valence-corrected chi connectivity index (χ4v) is 3.13. The van der Waals surface area contributed by atoms with E-state index in [4.69, 9.17) is 0 Å². The second kappa shape index (κ2) is 7.26. The van der Waals surface area contributed by atoms with E-state index in [1.165, 1.54) is 18.9 Å². The number of nitrogens with zero attached hydrogens (tertiary/aromatic N) is 2. The van der Waals surface area contributed by atoms with Gasteiger partial charge in [-0.3, -0.25) is 14.7 Å². The molecule has 6 heteroatoms. The molecular weight excluding hydrogens is 300 g/mol. The first-order chi connectivity index (χ1) is 10.6. The van der Waals surface area contributed by atoms with Crippen molar-refractivity contribution in [2.45, 2.75) is 13.8 Å². The Hall–Kier alpha value is -2.08. The lowest BCUT2D eigenvalue weighted by molar-refractivity contribution is -0.122. The Kier molecular flexibility index (Phi) is 5.38. The van der Waals surface area contributed by atoms with E-state index < -0.39 is 0 Å². The standard InChI is InChI=1S/C16H18N2O3S/c1-4-17-16-18(5-2)14(19)13(22-16)10-11-6-8-12(9-7-11)15(20)21-3/h6-10H,4-5H2,1-3H3/b13-10+,17-16?. The molecule has 0 atom stereocenters. The monoisotopic (exact) mass is 318 g/mol. The SMILES string of the molecule is CCN=C1S/C(=C/c2ccc(C(=O)OC)cc2)C(=O)N1CC. The maximum absolute atomic E-state index is 12.3. The molecule has 1 aliphatic rings. The number of thioether (sulfide) groups is 1. The van der Waals surface area contributed by atoms with Crippen LogP contribution in [0.1, 0.15) is 29.8 Å². The Morgan fingerprint density at radius 1 is 1.32 bits per heavy atom. The van der Waals surface area contributed by atoms with E-state index in [0.717, 1.165) is 10.7 Å². The van der Waals surface area contributed by atoms with Gasteiger partial charge in [0.05, 0.1) is 17.6 Å². The highest BCUT2D eigenvalue weighted by Crippen LogP contribution is 2.32. The van der Waals surface area contributed by atoms with Gasteiger partial charge in [0.25, 0.3) is 5.91 Å². The first-order valence-electron chi connectivity index (χ1n) is 7.05. The van der Waals surface area contributed by atoms with Gasteiger partial charge in [0, 0.05) is 13.1 Å². The Labute approximate surface area is 134 Å². The van der Waals surface area contributed by atoms with Crippen molar-refractivity contribution in [3.63, 3.8) is 0 Å². The number of methoxy groups -OCH3 is 1. The quantitative estimate of drug-likeness (QED) is 0.633. The number of likely N-dealkylation sites (N-methyl/N-ethyl adjacent to an activating group) is 1. The number of carbonyl (C=O) groups is 2. The molecule has 1 heterocycles. The van der Waals surface area contributed by atoms with Crippen LogP contribution in [0.3, 0.4) is 0 Å². The van der Waals surface area contributed by atoms with Gasteiger partial charge in [-0.15, -0.1) is 0 Å². The topological polar surface area (TPSA) is 59.0 Å². The van der Waals surface area contributed by atoms with Crippen molar-refractivity contribution in [2.24, 2.45) is 4.99 Å². The lowest BCUT2D eigenvalue weighted by Gasteiger charge is -2.11. The summed E-state index contributed by atoms with van der Waals surface area (Å²) in [5.41, 5.74) is 1.34. The molecule has 1 aromatic carbocycles. The zero-order chi connectivity index (χ0) is 16.1. The minimum atomic E-state index is -0.375. The lowest BCUT2D eigenvalue weighted by atomic mass is 10.1. The molecule has 0 aromatic heterocycles. The summed E-state index contributed by atoms with van der Waals surface area (Å²) in [5, 5.41) is 0.743. The average Bonchev–Trinajstić information content (AvgIpc) is 2.83. The molecule has 1 saturated heterocycles. The van der Waals surface area contributed by atoms with Crippen LogP contribution in [0.25, 0.3) is 6.08 Å². The number of ether oxygens (including phenoxy) is 1. The molecule has 0 spiro atoms. The van der Waals surface area contributed by atoms with E-state index in [2.05, 4.69) is 9.73 Å². The summed E-state index contributed by atoms with van der Waals surface area (Å²) < 4.78 is 4.66. The van der Waals surface area contributed by atoms with Crippen molar-refractivity contribution >= 4 is 34.9 Å². The Balaban J connectivity index is 2.24. The smallest absolute Gasteiger partial charge is 0.337 e. The van der Waals surface area contributed by atoms with E-state index in [0.29, 0.717) is 23.6 Å². The maximum atomic E-state index is 12.3. The highest BCUT2D eigenvalue weighted by Gasteiger charge is 2.31. The molecule has 22 heavy (non-hydrogen) atoms. The first kappa shape index (κ1) is 16.3. The number of aliphatic imine (C=N–C) groups is 1. The molecule has 5 nitrogen and oxygen atoms in total. The average molecular weight is 318 g/mol. The van der Waals surface area contributed by atoms with Gasteiger partial charge in [-0.05, 0) is 49.4 Å². The number of esters is 1. The molecule has 1 fully saturated rings. The van der Waals surface area contributed by atoms with E-state index in [1.54, 1.807) is 29.2 Å². The van der Waals surface area contributed by atoms with Crippen molar-refractivity contribution in [1.29, 1.82) is 0 Å². The molecule has 1 amide bonds. The third kappa shape index (κ3) is 3.39. The summed E-state index contributed by atoms with van der Waals surface area (Å²) in [6.07, 6.45) is 1.81. The number of benzene rings is 1. The molecule has 2 rings (SSSR count). The van der Waals surface area contributed by atoms with E-state index in [1.807, 2.05) is 19.9 Å². The molecule has 0 saturated carbocycles. The zero-order valence-corrected chi connectivity index (χ0v) is 13.6. The van der Waals surface area contributed by atoms with Gasteiger partial charge in [0.1, 0.15) is 0 Å². The number of amides is 1. The van der Waals surface area contributed by atoms with Gasteiger partial charge in [0.2, 0.25) is 0 Å². The van der Waals surface area contributed by atoms with Gasteiger partial charge in [-0.25, -0.2) is 4.79 Å². The molecule has 1 aliphatic heterocycles. The molecular formula is C16H18N2O3S.